The van der Waals surface area contributed by atoms with Crippen LogP contribution in [0.15, 0.2) is 114 Å². The summed E-state index contributed by atoms with van der Waals surface area (Å²) in [5, 5.41) is 18.6. The third-order valence-electron chi connectivity index (χ3n) is 17.7. The molecule has 0 atom stereocenters. The third-order valence-corrected chi connectivity index (χ3v) is 31.6. The molecule has 81 heavy (non-hydrogen) atoms. The molecule has 0 aliphatic heterocycles. The van der Waals surface area contributed by atoms with Gasteiger partial charge in [0.1, 0.15) is 0 Å². The van der Waals surface area contributed by atoms with Gasteiger partial charge in [0.05, 0.1) is 39.6 Å². The van der Waals surface area contributed by atoms with Crippen LogP contribution in [0.2, 0.25) is 33.2 Å². The van der Waals surface area contributed by atoms with Crippen LogP contribution in [-0.2, 0) is 0 Å². The van der Waals surface area contributed by atoms with Crippen molar-refractivity contribution in [3.05, 3.63) is 114 Å². The Hall–Kier alpha value is -4.80. The molecular weight excluding hydrogens is 1110 g/mol. The van der Waals surface area contributed by atoms with Gasteiger partial charge in [-0.25, -0.2) is 0 Å². The lowest BCUT2D eigenvalue weighted by Gasteiger charge is -2.44. The Bertz CT molecular complexity index is 2750. The maximum atomic E-state index is 9.28. The maximum Gasteiger partial charge on any atom is 0.489 e. The first-order valence-electron chi connectivity index (χ1n) is 30.3. The number of H-pyrrole nitrogens is 1. The molecular formula is C66H99BBrN3O8Si2. The number of rotatable bonds is 20. The van der Waals surface area contributed by atoms with Crippen LogP contribution in [0.4, 0.5) is 0 Å². The lowest BCUT2D eigenvalue weighted by molar-refractivity contribution is 0.200. The van der Waals surface area contributed by atoms with Crippen molar-refractivity contribution in [3.63, 3.8) is 0 Å². The highest BCUT2D eigenvalue weighted by Gasteiger charge is 2.46. The highest BCUT2D eigenvalue weighted by Crippen LogP contribution is 2.45. The van der Waals surface area contributed by atoms with Crippen molar-refractivity contribution in [1.29, 1.82) is 0 Å². The maximum absolute atomic E-state index is 9.28. The molecule has 3 aliphatic carbocycles. The van der Waals surface area contributed by atoms with E-state index in [-0.39, 0.29) is 0 Å². The third kappa shape index (κ3) is 16.1. The van der Waals surface area contributed by atoms with E-state index in [4.69, 9.17) is 28.4 Å². The van der Waals surface area contributed by atoms with Crippen molar-refractivity contribution in [2.45, 2.75) is 212 Å². The average Bonchev–Trinajstić information content (AvgIpc) is 4.47. The van der Waals surface area contributed by atoms with Crippen molar-refractivity contribution in [2.75, 3.05) is 21.3 Å². The number of aromatic nitrogens is 3. The minimum Gasteiger partial charge on any atom is -0.493 e. The normalized spacial score (nSPS) is 15.2. The molecule has 11 nitrogen and oxygen atoms in total. The number of nitrogens with one attached hydrogen (secondary N) is 1. The van der Waals surface area contributed by atoms with Gasteiger partial charge < -0.3 is 51.9 Å². The Morgan fingerprint density at radius 2 is 0.827 bits per heavy atom. The number of aromatic amines is 1. The van der Waals surface area contributed by atoms with Gasteiger partial charge in [-0.05, 0) is 217 Å². The number of nitrogens with zero attached hydrogens (tertiary/aromatic N) is 2. The van der Waals surface area contributed by atoms with Crippen LogP contribution < -0.4 is 33.9 Å². The van der Waals surface area contributed by atoms with E-state index in [0.29, 0.717) is 57.0 Å². The minimum absolute atomic E-state index is 0.326. The van der Waals surface area contributed by atoms with Crippen LogP contribution in [0, 0.1) is 0 Å². The molecule has 3 saturated carbocycles. The first-order chi connectivity index (χ1) is 38.7. The molecule has 3 heterocycles. The van der Waals surface area contributed by atoms with Gasteiger partial charge in [0.15, 0.2) is 51.0 Å². The smallest absolute Gasteiger partial charge is 0.489 e. The summed E-state index contributed by atoms with van der Waals surface area (Å²) in [6, 6.07) is 24.5. The average molecular weight is 1210 g/mol. The Balaban J connectivity index is 0.000000180. The predicted molar refractivity (Wildman–Crippen MR) is 346 cm³/mol. The summed E-state index contributed by atoms with van der Waals surface area (Å²) in [6.45, 7) is 28.2. The lowest BCUT2D eigenvalue weighted by Crippen LogP contribution is -2.51. The van der Waals surface area contributed by atoms with Gasteiger partial charge in [0.2, 0.25) is 0 Å². The highest BCUT2D eigenvalue weighted by atomic mass is 79.9. The molecule has 3 fully saturated rings. The van der Waals surface area contributed by atoms with E-state index >= 15 is 0 Å². The number of hydrogen-bond donors (Lipinski definition) is 3. The summed E-state index contributed by atoms with van der Waals surface area (Å²) in [6.07, 6.45) is 28.2. The van der Waals surface area contributed by atoms with Crippen molar-refractivity contribution in [1.82, 2.24) is 13.4 Å². The van der Waals surface area contributed by atoms with Crippen molar-refractivity contribution in [3.8, 4) is 56.8 Å². The van der Waals surface area contributed by atoms with Gasteiger partial charge in [-0.2, -0.15) is 0 Å². The fourth-order valence-corrected chi connectivity index (χ4v) is 27.4. The van der Waals surface area contributed by atoms with Crippen LogP contribution in [0.5, 0.6) is 34.5 Å². The predicted octanol–water partition coefficient (Wildman–Crippen LogP) is 17.5. The molecule has 9 rings (SSSR count). The molecule has 0 unspecified atom stereocenters. The second-order valence-corrected chi connectivity index (χ2v) is 36.9. The molecule has 0 spiro atoms. The van der Waals surface area contributed by atoms with E-state index in [0.717, 1.165) is 83.1 Å². The Morgan fingerprint density at radius 1 is 0.457 bits per heavy atom. The Morgan fingerprint density at radius 3 is 1.19 bits per heavy atom. The lowest BCUT2D eigenvalue weighted by atomic mass is 9.83. The molecule has 0 saturated heterocycles. The summed E-state index contributed by atoms with van der Waals surface area (Å²) in [4.78, 5) is 3.08. The number of benzene rings is 3. The largest absolute Gasteiger partial charge is 0.493 e. The van der Waals surface area contributed by atoms with Crippen LogP contribution in [-0.4, -0.2) is 86.7 Å². The number of ether oxygens (including phenoxy) is 6. The number of hydrogen-bond acceptors (Lipinski definition) is 8. The fourth-order valence-electron chi connectivity index (χ4n) is 14.1. The number of methoxy groups -OCH3 is 3. The van der Waals surface area contributed by atoms with Gasteiger partial charge in [0, 0.05) is 23.1 Å². The zero-order valence-electron chi connectivity index (χ0n) is 51.8. The molecule has 3 aromatic carbocycles. The van der Waals surface area contributed by atoms with Gasteiger partial charge in [-0.15, -0.1) is 0 Å². The Kier molecular flexibility index (Phi) is 24.7. The second-order valence-electron chi connectivity index (χ2n) is 24.4. The summed E-state index contributed by atoms with van der Waals surface area (Å²) in [7, 11) is 0.261. The minimum atomic E-state index is -1.73. The second kappa shape index (κ2) is 30.7. The molecule has 3 aliphatic rings. The van der Waals surface area contributed by atoms with Crippen LogP contribution in [0.25, 0.3) is 22.3 Å². The molecule has 0 amide bonds. The molecule has 0 bridgehead atoms. The van der Waals surface area contributed by atoms with E-state index in [1.807, 2.05) is 55.1 Å². The fraction of sp³-hybridized carbons (Fsp3) is 0.545. The van der Waals surface area contributed by atoms with Crippen LogP contribution in [0.3, 0.4) is 0 Å². The molecule has 6 aromatic rings. The van der Waals surface area contributed by atoms with Gasteiger partial charge in [-0.1, -0.05) is 111 Å². The quantitative estimate of drug-likeness (QED) is 0.0647. The molecule has 3 aromatic heterocycles. The van der Waals surface area contributed by atoms with E-state index in [1.54, 1.807) is 21.3 Å². The standard InChI is InChI=1S/C25H39NO2Si.C16H19NO2.C13H26BNO2Si.C12H15BrO2/c1-18(2)29(19(3)4,20(5)6)26-15-14-22(17-26)21-12-13-24(27-7)25(16-21)28-23-10-8-9-11-23;1-18-15-7-6-12(13-8-9-17-11-13)10-16(15)19-14-4-2-3-5-14;1-10(2)18(11(3)4,12(5)6)15-8-7-13(9-15)14(16)17;1-14-11-7-6-9(13)8-12(11)15-10-4-2-3-5-10/h12-20,23H,8-11H2,1-7H3;6-11,14,17H,2-5H2,1H3;7-12,16-17H,1-6H3;6-8,10H,2-5H2,1H3. The van der Waals surface area contributed by atoms with Gasteiger partial charge in [0.25, 0.3) is 0 Å². The topological polar surface area (TPSA) is 121 Å². The van der Waals surface area contributed by atoms with E-state index < -0.39 is 23.6 Å². The monoisotopic (exact) mass is 1210 g/mol. The number of halogens is 1. The zero-order chi connectivity index (χ0) is 59.0. The Labute approximate surface area is 498 Å². The molecule has 3 N–H and O–H groups in total. The van der Waals surface area contributed by atoms with E-state index in [2.05, 4.69) is 167 Å². The zero-order valence-corrected chi connectivity index (χ0v) is 55.4. The first-order valence-corrected chi connectivity index (χ1v) is 35.4. The van der Waals surface area contributed by atoms with E-state index in [1.165, 1.54) is 55.2 Å². The van der Waals surface area contributed by atoms with E-state index in [9.17, 15) is 10.0 Å². The summed E-state index contributed by atoms with van der Waals surface area (Å²) >= 11 is 3.44. The van der Waals surface area contributed by atoms with Crippen molar-refractivity contribution < 1.29 is 38.5 Å². The van der Waals surface area contributed by atoms with Crippen LogP contribution in [0.1, 0.15) is 160 Å². The van der Waals surface area contributed by atoms with Crippen LogP contribution >= 0.6 is 15.9 Å². The summed E-state index contributed by atoms with van der Waals surface area (Å²) < 4.78 is 40.5. The summed E-state index contributed by atoms with van der Waals surface area (Å²) in [5.74, 6) is 5.03. The van der Waals surface area contributed by atoms with Crippen molar-refractivity contribution in [2.24, 2.45) is 0 Å². The van der Waals surface area contributed by atoms with Gasteiger partial charge in [-0.3, -0.25) is 0 Å². The summed E-state index contributed by atoms with van der Waals surface area (Å²) in [5.41, 5.74) is 9.23. The SMILES string of the molecule is CC(C)[Si](C(C)C)(C(C)C)n1ccc(B(O)O)c1.COc1ccc(-c2cc[nH]c2)cc1OC1CCCC1.COc1ccc(-c2ccn([Si](C(C)C)(C(C)C)C(C)C)c2)cc1OC1CCCC1.COc1ccc(Br)cc1OC1CCCC1. The molecule has 0 radical (unpaired) electrons. The first kappa shape index (κ1) is 65.4. The van der Waals surface area contributed by atoms with Crippen molar-refractivity contribution >= 4 is 45.0 Å². The highest BCUT2D eigenvalue weighted by molar-refractivity contribution is 9.10. The molecule has 444 valence electrons. The molecule has 15 heteroatoms. The van der Waals surface area contributed by atoms with Gasteiger partial charge >= 0.3 is 7.12 Å².